The van der Waals surface area contributed by atoms with E-state index in [1.54, 1.807) is 0 Å². The minimum absolute atomic E-state index is 0.00416. The summed E-state index contributed by atoms with van der Waals surface area (Å²) in [6.45, 7) is 5.43. The summed E-state index contributed by atoms with van der Waals surface area (Å²) in [6.07, 6.45) is 2.65. The van der Waals surface area contributed by atoms with Crippen LogP contribution >= 0.6 is 0 Å². The summed E-state index contributed by atoms with van der Waals surface area (Å²) in [5, 5.41) is 3.95. The van der Waals surface area contributed by atoms with Crippen molar-refractivity contribution in [1.82, 2.24) is 15.0 Å². The van der Waals surface area contributed by atoms with Crippen LogP contribution in [-0.4, -0.2) is 40.6 Å². The molecule has 2 heterocycles. The predicted molar refractivity (Wildman–Crippen MR) is 88.9 cm³/mol. The Labute approximate surface area is 141 Å². The van der Waals surface area contributed by atoms with E-state index < -0.39 is 0 Å². The van der Waals surface area contributed by atoms with Crippen LogP contribution in [-0.2, 0) is 11.2 Å². The molecule has 0 aliphatic carbocycles. The Hall–Kier alpha value is -2.37. The highest BCUT2D eigenvalue weighted by Crippen LogP contribution is 2.26. The molecule has 3 rings (SSSR count). The summed E-state index contributed by atoms with van der Waals surface area (Å²) >= 11 is 0. The second-order valence-corrected chi connectivity index (χ2v) is 6.18. The standard InChI is InChI=1S/C18H23N3O3/c1-3-16-19-18(24-20-16)14-5-4-10-21(11-14)17(22)12-23-15-8-6-13(2)7-9-15/h6-9,14H,3-5,10-12H2,1-2H3/t14-/m0/s1. The number of piperidine rings is 1. The van der Waals surface area contributed by atoms with E-state index in [9.17, 15) is 4.79 Å². The molecule has 1 aliphatic heterocycles. The molecule has 0 spiro atoms. The first-order valence-corrected chi connectivity index (χ1v) is 8.45. The zero-order valence-corrected chi connectivity index (χ0v) is 14.2. The number of likely N-dealkylation sites (tertiary alicyclic amines) is 1. The molecule has 128 valence electrons. The van der Waals surface area contributed by atoms with Crippen molar-refractivity contribution >= 4 is 5.91 Å². The molecule has 0 bridgehead atoms. The Kier molecular flexibility index (Phi) is 5.13. The summed E-state index contributed by atoms with van der Waals surface area (Å²) < 4.78 is 10.9. The van der Waals surface area contributed by atoms with Gasteiger partial charge in [-0.25, -0.2) is 0 Å². The number of ether oxygens (including phenoxy) is 1. The van der Waals surface area contributed by atoms with Crippen molar-refractivity contribution in [1.29, 1.82) is 0 Å². The summed E-state index contributed by atoms with van der Waals surface area (Å²) in [4.78, 5) is 18.6. The first-order valence-electron chi connectivity index (χ1n) is 8.45. The maximum atomic E-state index is 12.4. The lowest BCUT2D eigenvalue weighted by Crippen LogP contribution is -2.41. The average Bonchev–Trinajstić information content (AvgIpc) is 3.10. The van der Waals surface area contributed by atoms with Gasteiger partial charge in [0.05, 0.1) is 5.92 Å². The van der Waals surface area contributed by atoms with Gasteiger partial charge in [-0.2, -0.15) is 4.98 Å². The van der Waals surface area contributed by atoms with Crippen molar-refractivity contribution < 1.29 is 14.1 Å². The second-order valence-electron chi connectivity index (χ2n) is 6.18. The first kappa shape index (κ1) is 16.5. The highest BCUT2D eigenvalue weighted by Gasteiger charge is 2.28. The number of hydrogen-bond acceptors (Lipinski definition) is 5. The Morgan fingerprint density at radius 3 is 2.88 bits per heavy atom. The fourth-order valence-corrected chi connectivity index (χ4v) is 2.85. The van der Waals surface area contributed by atoms with Gasteiger partial charge in [0.15, 0.2) is 12.4 Å². The van der Waals surface area contributed by atoms with Gasteiger partial charge in [-0.3, -0.25) is 4.79 Å². The zero-order valence-electron chi connectivity index (χ0n) is 14.2. The van der Waals surface area contributed by atoms with E-state index in [1.807, 2.05) is 43.0 Å². The van der Waals surface area contributed by atoms with Crippen molar-refractivity contribution in [2.24, 2.45) is 0 Å². The highest BCUT2D eigenvalue weighted by atomic mass is 16.5. The summed E-state index contributed by atoms with van der Waals surface area (Å²) in [7, 11) is 0. The van der Waals surface area contributed by atoms with E-state index in [4.69, 9.17) is 9.26 Å². The Morgan fingerprint density at radius 2 is 2.17 bits per heavy atom. The van der Waals surface area contributed by atoms with Crippen molar-refractivity contribution in [3.8, 4) is 5.75 Å². The lowest BCUT2D eigenvalue weighted by molar-refractivity contribution is -0.134. The predicted octanol–water partition coefficient (Wildman–Crippen LogP) is 2.73. The van der Waals surface area contributed by atoms with E-state index in [0.717, 1.165) is 31.6 Å². The topological polar surface area (TPSA) is 68.5 Å². The summed E-state index contributed by atoms with van der Waals surface area (Å²) in [5.41, 5.74) is 1.17. The number of hydrogen-bond donors (Lipinski definition) is 0. The van der Waals surface area contributed by atoms with Gasteiger partial charge >= 0.3 is 0 Å². The molecule has 0 radical (unpaired) electrons. The van der Waals surface area contributed by atoms with Crippen LogP contribution in [0.25, 0.3) is 0 Å². The number of carbonyl (C=O) groups excluding carboxylic acids is 1. The molecule has 1 aromatic heterocycles. The van der Waals surface area contributed by atoms with E-state index in [2.05, 4.69) is 10.1 Å². The average molecular weight is 329 g/mol. The molecule has 1 fully saturated rings. The highest BCUT2D eigenvalue weighted by molar-refractivity contribution is 5.78. The van der Waals surface area contributed by atoms with Crippen molar-refractivity contribution in [2.75, 3.05) is 19.7 Å². The molecule has 1 amide bonds. The first-order chi connectivity index (χ1) is 11.7. The molecule has 1 aromatic carbocycles. The van der Waals surface area contributed by atoms with Crippen LogP contribution in [0.5, 0.6) is 5.75 Å². The number of aryl methyl sites for hydroxylation is 2. The number of nitrogens with zero attached hydrogens (tertiary/aromatic N) is 3. The molecule has 1 aliphatic rings. The van der Waals surface area contributed by atoms with E-state index >= 15 is 0 Å². The van der Waals surface area contributed by atoms with E-state index in [1.165, 1.54) is 5.56 Å². The Morgan fingerprint density at radius 1 is 1.38 bits per heavy atom. The third-order valence-electron chi connectivity index (χ3n) is 4.31. The molecular formula is C18H23N3O3. The molecule has 6 heteroatoms. The lowest BCUT2D eigenvalue weighted by Gasteiger charge is -2.30. The molecule has 0 unspecified atom stereocenters. The van der Waals surface area contributed by atoms with Gasteiger partial charge in [0.1, 0.15) is 5.75 Å². The van der Waals surface area contributed by atoms with Crippen LogP contribution in [0.4, 0.5) is 0 Å². The number of carbonyl (C=O) groups is 1. The fourth-order valence-electron chi connectivity index (χ4n) is 2.85. The number of amides is 1. The third-order valence-corrected chi connectivity index (χ3v) is 4.31. The van der Waals surface area contributed by atoms with Crippen LogP contribution < -0.4 is 4.74 Å². The van der Waals surface area contributed by atoms with Crippen molar-refractivity contribution in [3.05, 3.63) is 41.5 Å². The minimum atomic E-state index is -0.00416. The number of aromatic nitrogens is 2. The van der Waals surface area contributed by atoms with Gasteiger partial charge in [-0.15, -0.1) is 0 Å². The molecule has 24 heavy (non-hydrogen) atoms. The minimum Gasteiger partial charge on any atom is -0.484 e. The van der Waals surface area contributed by atoms with Gasteiger partial charge in [-0.05, 0) is 31.9 Å². The fraction of sp³-hybridized carbons (Fsp3) is 0.500. The molecule has 1 saturated heterocycles. The number of rotatable bonds is 5. The maximum absolute atomic E-state index is 12.4. The molecule has 1 atom stereocenters. The third kappa shape index (κ3) is 3.93. The normalized spacial score (nSPS) is 17.8. The molecular weight excluding hydrogens is 306 g/mol. The molecule has 6 nitrogen and oxygen atoms in total. The monoisotopic (exact) mass is 329 g/mol. The zero-order chi connectivity index (χ0) is 16.9. The van der Waals surface area contributed by atoms with Crippen LogP contribution in [0, 0.1) is 6.92 Å². The van der Waals surface area contributed by atoms with Gasteiger partial charge in [-0.1, -0.05) is 29.8 Å². The maximum Gasteiger partial charge on any atom is 0.260 e. The van der Waals surface area contributed by atoms with Crippen molar-refractivity contribution in [3.63, 3.8) is 0 Å². The van der Waals surface area contributed by atoms with Gasteiger partial charge in [0.25, 0.3) is 5.91 Å². The van der Waals surface area contributed by atoms with Crippen molar-refractivity contribution in [2.45, 2.75) is 39.0 Å². The van der Waals surface area contributed by atoms with Crippen LogP contribution in [0.15, 0.2) is 28.8 Å². The Bertz CT molecular complexity index is 681. The van der Waals surface area contributed by atoms with Gasteiger partial charge < -0.3 is 14.2 Å². The van der Waals surface area contributed by atoms with Crippen LogP contribution in [0.1, 0.15) is 43.0 Å². The second kappa shape index (κ2) is 7.47. The SMILES string of the molecule is CCc1noc([C@H]2CCCN(C(=O)COc3ccc(C)cc3)C2)n1. The van der Waals surface area contributed by atoms with Crippen LogP contribution in [0.2, 0.25) is 0 Å². The summed E-state index contributed by atoms with van der Waals surface area (Å²) in [6, 6.07) is 7.70. The van der Waals surface area contributed by atoms with E-state index in [0.29, 0.717) is 18.2 Å². The van der Waals surface area contributed by atoms with Gasteiger partial charge in [0.2, 0.25) is 5.89 Å². The number of benzene rings is 1. The Balaban J connectivity index is 1.55. The lowest BCUT2D eigenvalue weighted by atomic mass is 9.98. The van der Waals surface area contributed by atoms with Crippen LogP contribution in [0.3, 0.4) is 0 Å². The quantitative estimate of drug-likeness (QED) is 0.843. The molecule has 2 aromatic rings. The molecule has 0 N–H and O–H groups in total. The largest absolute Gasteiger partial charge is 0.484 e. The molecule has 0 saturated carbocycles. The summed E-state index contributed by atoms with van der Waals surface area (Å²) in [5.74, 6) is 2.19. The van der Waals surface area contributed by atoms with Gasteiger partial charge in [0, 0.05) is 19.5 Å². The smallest absolute Gasteiger partial charge is 0.260 e. The van der Waals surface area contributed by atoms with E-state index in [-0.39, 0.29) is 18.4 Å².